The molecule has 0 saturated carbocycles. The molecule has 29 heavy (non-hydrogen) atoms. The summed E-state index contributed by atoms with van der Waals surface area (Å²) in [6.07, 6.45) is 2.28. The highest BCUT2D eigenvalue weighted by Gasteiger charge is 2.23. The molecule has 0 spiro atoms. The Bertz CT molecular complexity index is 823. The summed E-state index contributed by atoms with van der Waals surface area (Å²) in [5.74, 6) is 1.41. The van der Waals surface area contributed by atoms with E-state index in [1.807, 2.05) is 0 Å². The predicted octanol–water partition coefficient (Wildman–Crippen LogP) is 4.48. The first-order chi connectivity index (χ1) is 14.0. The van der Waals surface area contributed by atoms with Crippen molar-refractivity contribution in [2.75, 3.05) is 26.7 Å². The normalized spacial score (nSPS) is 17.2. The number of carbonyl (C=O) groups is 1. The Labute approximate surface area is 171 Å². The molecule has 1 saturated heterocycles. The van der Waals surface area contributed by atoms with E-state index in [4.69, 9.17) is 9.47 Å². The lowest BCUT2D eigenvalue weighted by molar-refractivity contribution is 0.0919. The van der Waals surface area contributed by atoms with E-state index in [0.29, 0.717) is 41.3 Å². The minimum Gasteiger partial charge on any atom is -0.496 e. The van der Waals surface area contributed by atoms with Gasteiger partial charge in [-0.15, -0.1) is 0 Å². The SMILES string of the molecule is COc1ccc(Oc2ccc(F)cc2)cc1C(=O)NCC1CCCN(C(C)C)C1. The van der Waals surface area contributed by atoms with Gasteiger partial charge in [0.25, 0.3) is 5.91 Å². The molecule has 2 aromatic rings. The molecule has 0 bridgehead atoms. The maximum Gasteiger partial charge on any atom is 0.255 e. The fraction of sp³-hybridized carbons (Fsp3) is 0.435. The maximum absolute atomic E-state index is 13.1. The van der Waals surface area contributed by atoms with Crippen LogP contribution in [0.25, 0.3) is 0 Å². The van der Waals surface area contributed by atoms with Gasteiger partial charge >= 0.3 is 0 Å². The molecule has 2 aromatic carbocycles. The van der Waals surface area contributed by atoms with Crippen molar-refractivity contribution in [2.45, 2.75) is 32.7 Å². The van der Waals surface area contributed by atoms with Gasteiger partial charge in [0.2, 0.25) is 0 Å². The molecule has 0 radical (unpaired) electrons. The molecule has 1 aliphatic heterocycles. The minimum atomic E-state index is -0.328. The summed E-state index contributed by atoms with van der Waals surface area (Å²) >= 11 is 0. The van der Waals surface area contributed by atoms with Crippen molar-refractivity contribution < 1.29 is 18.7 Å². The van der Waals surface area contributed by atoms with Gasteiger partial charge in [0.05, 0.1) is 12.7 Å². The zero-order valence-corrected chi connectivity index (χ0v) is 17.3. The van der Waals surface area contributed by atoms with Crippen molar-refractivity contribution in [3.05, 3.63) is 53.8 Å². The van der Waals surface area contributed by atoms with Gasteiger partial charge in [0, 0.05) is 19.1 Å². The van der Waals surface area contributed by atoms with Crippen LogP contribution in [0.5, 0.6) is 17.2 Å². The number of nitrogens with one attached hydrogen (secondary N) is 1. The van der Waals surface area contributed by atoms with Crippen molar-refractivity contribution >= 4 is 5.91 Å². The van der Waals surface area contributed by atoms with Crippen LogP contribution < -0.4 is 14.8 Å². The summed E-state index contributed by atoms with van der Waals surface area (Å²) < 4.78 is 24.2. The van der Waals surface area contributed by atoms with E-state index >= 15 is 0 Å². The van der Waals surface area contributed by atoms with E-state index in [1.54, 1.807) is 30.3 Å². The molecule has 5 nitrogen and oxygen atoms in total. The summed E-state index contributed by atoms with van der Waals surface area (Å²) in [7, 11) is 1.54. The van der Waals surface area contributed by atoms with Gasteiger partial charge in [0.15, 0.2) is 0 Å². The molecule has 1 N–H and O–H groups in total. The van der Waals surface area contributed by atoms with Crippen LogP contribution in [0.2, 0.25) is 0 Å². The molecule has 0 aromatic heterocycles. The van der Waals surface area contributed by atoms with Gasteiger partial charge in [-0.25, -0.2) is 4.39 Å². The van der Waals surface area contributed by atoms with Gasteiger partial charge in [-0.05, 0) is 81.6 Å². The summed E-state index contributed by atoms with van der Waals surface area (Å²) in [6, 6.07) is 11.3. The third-order valence-electron chi connectivity index (χ3n) is 5.30. The smallest absolute Gasteiger partial charge is 0.255 e. The Balaban J connectivity index is 1.66. The fourth-order valence-electron chi connectivity index (χ4n) is 3.63. The lowest BCUT2D eigenvalue weighted by Gasteiger charge is -2.35. The quantitative estimate of drug-likeness (QED) is 0.745. The van der Waals surface area contributed by atoms with Crippen molar-refractivity contribution in [1.29, 1.82) is 0 Å². The Morgan fingerprint density at radius 3 is 2.62 bits per heavy atom. The van der Waals surface area contributed by atoms with Gasteiger partial charge < -0.3 is 19.7 Å². The molecule has 6 heteroatoms. The summed E-state index contributed by atoms with van der Waals surface area (Å²) in [5, 5.41) is 3.05. The third kappa shape index (κ3) is 5.70. The van der Waals surface area contributed by atoms with Gasteiger partial charge in [-0.2, -0.15) is 0 Å². The zero-order valence-electron chi connectivity index (χ0n) is 17.3. The van der Waals surface area contributed by atoms with Crippen molar-refractivity contribution in [3.8, 4) is 17.2 Å². The van der Waals surface area contributed by atoms with E-state index in [0.717, 1.165) is 25.9 Å². The average molecular weight is 400 g/mol. The summed E-state index contributed by atoms with van der Waals surface area (Å²) in [4.78, 5) is 15.3. The second kappa shape index (κ2) is 9.74. The lowest BCUT2D eigenvalue weighted by Crippen LogP contribution is -2.43. The fourth-order valence-corrected chi connectivity index (χ4v) is 3.63. The number of nitrogens with zero attached hydrogens (tertiary/aromatic N) is 1. The molecule has 156 valence electrons. The maximum atomic E-state index is 13.1. The lowest BCUT2D eigenvalue weighted by atomic mass is 9.97. The number of carbonyl (C=O) groups excluding carboxylic acids is 1. The molecule has 1 unspecified atom stereocenters. The minimum absolute atomic E-state index is 0.187. The number of amides is 1. The van der Waals surface area contributed by atoms with Gasteiger partial charge in [-0.3, -0.25) is 4.79 Å². The van der Waals surface area contributed by atoms with E-state index in [2.05, 4.69) is 24.1 Å². The number of halogens is 1. The van der Waals surface area contributed by atoms with Crippen LogP contribution >= 0.6 is 0 Å². The number of rotatable bonds is 7. The van der Waals surface area contributed by atoms with Gasteiger partial charge in [0.1, 0.15) is 23.1 Å². The molecule has 1 heterocycles. The molecular formula is C23H29FN2O3. The van der Waals surface area contributed by atoms with E-state index in [1.165, 1.54) is 19.2 Å². The molecule has 1 aliphatic rings. The predicted molar refractivity (Wildman–Crippen MR) is 111 cm³/mol. The molecule has 1 fully saturated rings. The number of hydrogen-bond acceptors (Lipinski definition) is 4. The Kier molecular flexibility index (Phi) is 7.09. The van der Waals surface area contributed by atoms with Crippen molar-refractivity contribution in [2.24, 2.45) is 5.92 Å². The third-order valence-corrected chi connectivity index (χ3v) is 5.30. The van der Waals surface area contributed by atoms with Crippen LogP contribution in [0.3, 0.4) is 0 Å². The monoisotopic (exact) mass is 400 g/mol. The topological polar surface area (TPSA) is 50.8 Å². The van der Waals surface area contributed by atoms with E-state index < -0.39 is 0 Å². The van der Waals surface area contributed by atoms with Crippen molar-refractivity contribution in [3.63, 3.8) is 0 Å². The number of likely N-dealkylation sites (tertiary alicyclic amines) is 1. The number of hydrogen-bond donors (Lipinski definition) is 1. The summed E-state index contributed by atoms with van der Waals surface area (Å²) in [5.41, 5.74) is 0.420. The van der Waals surface area contributed by atoms with Crippen molar-refractivity contribution in [1.82, 2.24) is 10.2 Å². The first-order valence-corrected chi connectivity index (χ1v) is 10.1. The summed E-state index contributed by atoms with van der Waals surface area (Å²) in [6.45, 7) is 7.17. The van der Waals surface area contributed by atoms with E-state index in [9.17, 15) is 9.18 Å². The standard InChI is InChI=1S/C23H29FN2O3/c1-16(2)26-12-4-5-17(15-26)14-25-23(27)21-13-20(10-11-22(21)28-3)29-19-8-6-18(24)7-9-19/h6-11,13,16-17H,4-5,12,14-15H2,1-3H3,(H,25,27). The first-order valence-electron chi connectivity index (χ1n) is 10.1. The average Bonchev–Trinajstić information content (AvgIpc) is 2.73. The Hall–Kier alpha value is -2.60. The Morgan fingerprint density at radius 1 is 1.21 bits per heavy atom. The Morgan fingerprint density at radius 2 is 1.93 bits per heavy atom. The largest absolute Gasteiger partial charge is 0.496 e. The zero-order chi connectivity index (χ0) is 20.8. The second-order valence-corrected chi connectivity index (χ2v) is 7.73. The van der Waals surface area contributed by atoms with Crippen LogP contribution in [-0.2, 0) is 0 Å². The molecule has 3 rings (SSSR count). The van der Waals surface area contributed by atoms with E-state index in [-0.39, 0.29) is 11.7 Å². The molecular weight excluding hydrogens is 371 g/mol. The van der Waals surface area contributed by atoms with Crippen LogP contribution in [0.15, 0.2) is 42.5 Å². The highest BCUT2D eigenvalue weighted by molar-refractivity contribution is 5.97. The van der Waals surface area contributed by atoms with Crippen LogP contribution in [-0.4, -0.2) is 43.6 Å². The first kappa shape index (κ1) is 21.1. The number of piperidine rings is 1. The highest BCUT2D eigenvalue weighted by atomic mass is 19.1. The highest BCUT2D eigenvalue weighted by Crippen LogP contribution is 2.28. The molecule has 1 atom stereocenters. The number of benzene rings is 2. The van der Waals surface area contributed by atoms with Crippen LogP contribution in [0, 0.1) is 11.7 Å². The molecule has 0 aliphatic carbocycles. The molecule has 1 amide bonds. The number of ether oxygens (including phenoxy) is 2. The number of methoxy groups -OCH3 is 1. The van der Waals surface area contributed by atoms with Crippen LogP contribution in [0.1, 0.15) is 37.0 Å². The van der Waals surface area contributed by atoms with Gasteiger partial charge in [-0.1, -0.05) is 0 Å². The second-order valence-electron chi connectivity index (χ2n) is 7.73. The van der Waals surface area contributed by atoms with Crippen LogP contribution in [0.4, 0.5) is 4.39 Å².